The van der Waals surface area contributed by atoms with Crippen LogP contribution in [0, 0.1) is 0 Å². The molecule has 0 unspecified atom stereocenters. The van der Waals surface area contributed by atoms with Crippen molar-refractivity contribution >= 4 is 0 Å². The Morgan fingerprint density at radius 3 is 3.00 bits per heavy atom. The molecule has 2 aliphatic rings. The van der Waals surface area contributed by atoms with Crippen molar-refractivity contribution in [3.05, 3.63) is 35.8 Å². The van der Waals surface area contributed by atoms with Crippen LogP contribution in [0.4, 0.5) is 0 Å². The highest BCUT2D eigenvalue weighted by Crippen LogP contribution is 2.20. The van der Waals surface area contributed by atoms with E-state index in [2.05, 4.69) is 41.6 Å². The number of nitrogens with one attached hydrogen (secondary N) is 1. The molecule has 0 saturated carbocycles. The Morgan fingerprint density at radius 2 is 2.25 bits per heavy atom. The van der Waals surface area contributed by atoms with Crippen LogP contribution in [0.2, 0.25) is 0 Å². The van der Waals surface area contributed by atoms with E-state index in [-0.39, 0.29) is 0 Å². The maximum absolute atomic E-state index is 3.27. The Balaban J connectivity index is 2.34. The highest BCUT2D eigenvalue weighted by atomic mass is 15.5. The average molecular weight is 163 g/mol. The van der Waals surface area contributed by atoms with Gasteiger partial charge in [-0.3, -0.25) is 5.01 Å². The van der Waals surface area contributed by atoms with Crippen LogP contribution in [0.3, 0.4) is 0 Å². The quantitative estimate of drug-likeness (QED) is 0.612. The van der Waals surface area contributed by atoms with Gasteiger partial charge in [-0.05, 0) is 12.2 Å². The zero-order valence-corrected chi connectivity index (χ0v) is 7.41. The first kappa shape index (κ1) is 7.43. The molecule has 0 bridgehead atoms. The lowest BCUT2D eigenvalue weighted by Gasteiger charge is -2.18. The van der Waals surface area contributed by atoms with Crippen LogP contribution < -0.4 is 5.43 Å². The zero-order chi connectivity index (χ0) is 8.55. The fraction of sp³-hybridized carbons (Fsp3) is 0.333. The minimum atomic E-state index is 0.914. The number of allylic oxidation sites excluding steroid dienone is 3. The third-order valence-corrected chi connectivity index (χ3v) is 2.11. The van der Waals surface area contributed by atoms with Gasteiger partial charge >= 0.3 is 0 Å². The topological polar surface area (TPSA) is 18.5 Å². The third kappa shape index (κ3) is 1.02. The summed E-state index contributed by atoms with van der Waals surface area (Å²) in [6, 6.07) is 0. The van der Waals surface area contributed by atoms with Gasteiger partial charge < -0.3 is 4.90 Å². The number of hydrogen-bond donors (Lipinski definition) is 1. The molecule has 0 saturated heterocycles. The summed E-state index contributed by atoms with van der Waals surface area (Å²) in [5.41, 5.74) is 5.85. The van der Waals surface area contributed by atoms with E-state index in [1.54, 1.807) is 0 Å². The smallest absolute Gasteiger partial charge is 0.0775 e. The summed E-state index contributed by atoms with van der Waals surface area (Å²) in [5, 5.41) is 2.05. The van der Waals surface area contributed by atoms with E-state index < -0.39 is 0 Å². The van der Waals surface area contributed by atoms with E-state index in [1.807, 2.05) is 12.3 Å². The normalized spacial score (nSPS) is 20.3. The highest BCUT2D eigenvalue weighted by molar-refractivity contribution is 5.34. The molecule has 0 fully saturated rings. The minimum absolute atomic E-state index is 0.914. The van der Waals surface area contributed by atoms with Crippen molar-refractivity contribution in [1.29, 1.82) is 0 Å². The molecule has 2 rings (SSSR count). The second-order valence-electron chi connectivity index (χ2n) is 3.13. The van der Waals surface area contributed by atoms with E-state index in [1.165, 1.54) is 11.4 Å². The predicted octanol–water partition coefficient (Wildman–Crippen LogP) is 0.663. The number of hydrazine groups is 1. The molecule has 1 N–H and O–H groups in total. The van der Waals surface area contributed by atoms with Gasteiger partial charge in [-0.15, -0.1) is 0 Å². The summed E-state index contributed by atoms with van der Waals surface area (Å²) >= 11 is 0. The highest BCUT2D eigenvalue weighted by Gasteiger charge is 2.20. The van der Waals surface area contributed by atoms with Gasteiger partial charge in [0.2, 0.25) is 0 Å². The molecule has 0 aromatic carbocycles. The van der Waals surface area contributed by atoms with Crippen molar-refractivity contribution in [2.24, 2.45) is 0 Å². The lowest BCUT2D eigenvalue weighted by Crippen LogP contribution is -2.26. The molecule has 0 aliphatic carbocycles. The molecule has 12 heavy (non-hydrogen) atoms. The van der Waals surface area contributed by atoms with E-state index in [9.17, 15) is 0 Å². The van der Waals surface area contributed by atoms with Gasteiger partial charge in [-0.25, -0.2) is 5.43 Å². The lowest BCUT2D eigenvalue weighted by molar-refractivity contribution is 0.394. The van der Waals surface area contributed by atoms with Crippen LogP contribution in [-0.2, 0) is 0 Å². The number of hydrogen-bond acceptors (Lipinski definition) is 3. The number of fused-ring (bicyclic) bond motifs is 1. The van der Waals surface area contributed by atoms with Gasteiger partial charge in [0, 0.05) is 20.3 Å². The van der Waals surface area contributed by atoms with Crippen molar-refractivity contribution in [2.75, 3.05) is 20.6 Å². The maximum Gasteiger partial charge on any atom is 0.0775 e. The van der Waals surface area contributed by atoms with E-state index in [0.29, 0.717) is 0 Å². The number of likely N-dealkylation sites (N-methyl/N-ethyl adjacent to an activating group) is 1. The second kappa shape index (κ2) is 2.68. The monoisotopic (exact) mass is 163 g/mol. The van der Waals surface area contributed by atoms with Crippen LogP contribution in [-0.4, -0.2) is 30.5 Å². The van der Waals surface area contributed by atoms with Gasteiger partial charge in [0.05, 0.1) is 17.9 Å². The van der Waals surface area contributed by atoms with Crippen LogP contribution >= 0.6 is 0 Å². The molecule has 0 aromatic heterocycles. The Hall–Kier alpha value is -1.22. The molecule has 0 spiro atoms. The molecule has 0 amide bonds. The fourth-order valence-electron chi connectivity index (χ4n) is 1.45. The summed E-state index contributed by atoms with van der Waals surface area (Å²) in [6.45, 7) is 0.914. The molecular weight excluding hydrogens is 150 g/mol. The molecule has 2 aliphatic heterocycles. The van der Waals surface area contributed by atoms with Gasteiger partial charge in [-0.1, -0.05) is 6.08 Å². The Bertz CT molecular complexity index is 273. The lowest BCUT2D eigenvalue weighted by atomic mass is 10.2. The van der Waals surface area contributed by atoms with E-state index in [0.717, 1.165) is 6.54 Å². The Morgan fingerprint density at radius 1 is 1.42 bits per heavy atom. The zero-order valence-electron chi connectivity index (χ0n) is 7.41. The van der Waals surface area contributed by atoms with Crippen molar-refractivity contribution in [3.63, 3.8) is 0 Å². The second-order valence-corrected chi connectivity index (χ2v) is 3.13. The van der Waals surface area contributed by atoms with Gasteiger partial charge in [0.15, 0.2) is 0 Å². The van der Waals surface area contributed by atoms with Gasteiger partial charge in [0.1, 0.15) is 0 Å². The number of rotatable bonds is 1. The van der Waals surface area contributed by atoms with Crippen LogP contribution in [0.5, 0.6) is 0 Å². The first-order chi connectivity index (χ1) is 5.79. The Kier molecular flexibility index (Phi) is 1.66. The third-order valence-electron chi connectivity index (χ3n) is 2.11. The molecule has 2 heterocycles. The van der Waals surface area contributed by atoms with Crippen molar-refractivity contribution in [2.45, 2.75) is 0 Å². The van der Waals surface area contributed by atoms with Crippen LogP contribution in [0.15, 0.2) is 35.8 Å². The predicted molar refractivity (Wildman–Crippen MR) is 48.8 cm³/mol. The first-order valence-electron chi connectivity index (χ1n) is 4.07. The summed E-state index contributed by atoms with van der Waals surface area (Å²) in [4.78, 5) is 2.14. The molecule has 3 nitrogen and oxygen atoms in total. The summed E-state index contributed by atoms with van der Waals surface area (Å²) < 4.78 is 0. The SMILES string of the molecule is CN(C)C1=C2C=CC=CN2NC1. The largest absolute Gasteiger partial charge is 0.378 e. The van der Waals surface area contributed by atoms with Gasteiger partial charge in [0.25, 0.3) is 0 Å². The molecular formula is C9H13N3. The molecule has 64 valence electrons. The number of nitrogens with zero attached hydrogens (tertiary/aromatic N) is 2. The summed E-state index contributed by atoms with van der Waals surface area (Å²) in [6.07, 6.45) is 8.23. The average Bonchev–Trinajstić information content (AvgIpc) is 2.47. The standard InChI is InChI=1S/C9H13N3/c1-11(2)9-7-10-12-6-4-3-5-8(9)12/h3-6,10H,7H2,1-2H3. The van der Waals surface area contributed by atoms with Crippen molar-refractivity contribution in [3.8, 4) is 0 Å². The van der Waals surface area contributed by atoms with E-state index in [4.69, 9.17) is 0 Å². The van der Waals surface area contributed by atoms with E-state index >= 15 is 0 Å². The molecule has 3 heteroatoms. The molecule has 0 atom stereocenters. The van der Waals surface area contributed by atoms with Crippen LogP contribution in [0.1, 0.15) is 0 Å². The first-order valence-corrected chi connectivity index (χ1v) is 4.07. The van der Waals surface area contributed by atoms with Gasteiger partial charge in [-0.2, -0.15) is 0 Å². The van der Waals surface area contributed by atoms with Crippen molar-refractivity contribution in [1.82, 2.24) is 15.3 Å². The Labute approximate surface area is 72.6 Å². The maximum atomic E-state index is 3.27. The summed E-state index contributed by atoms with van der Waals surface area (Å²) in [7, 11) is 4.14. The minimum Gasteiger partial charge on any atom is -0.378 e. The van der Waals surface area contributed by atoms with Crippen molar-refractivity contribution < 1.29 is 0 Å². The fourth-order valence-corrected chi connectivity index (χ4v) is 1.45. The molecule has 0 radical (unpaired) electrons. The summed E-state index contributed by atoms with van der Waals surface area (Å²) in [5.74, 6) is 0. The van der Waals surface area contributed by atoms with Crippen LogP contribution in [0.25, 0.3) is 0 Å². The molecule has 0 aromatic rings.